The van der Waals surface area contributed by atoms with Gasteiger partial charge < -0.3 is 10.2 Å². The molecule has 0 unspecified atom stereocenters. The Hall–Kier alpha value is -2.76. The normalized spacial score (nSPS) is 12.1. The number of hydrogen-bond acceptors (Lipinski definition) is 3. The van der Waals surface area contributed by atoms with Crippen LogP contribution in [0, 0.1) is 0 Å². The summed E-state index contributed by atoms with van der Waals surface area (Å²) in [6.07, 6.45) is 0.429. The zero-order valence-electron chi connectivity index (χ0n) is 19.8. The molecule has 0 saturated heterocycles. The second-order valence-corrected chi connectivity index (χ2v) is 10.7. The number of amides is 2. The van der Waals surface area contributed by atoms with Crippen LogP contribution in [-0.2, 0) is 22.6 Å². The summed E-state index contributed by atoms with van der Waals surface area (Å²) in [5.41, 5.74) is 1.50. The minimum absolute atomic E-state index is 0.0891. The molecule has 3 rings (SSSR count). The molecule has 3 aromatic rings. The third-order valence-electron chi connectivity index (χ3n) is 5.14. The molecule has 1 N–H and O–H groups in total. The lowest BCUT2D eigenvalue weighted by Crippen LogP contribution is -2.54. The summed E-state index contributed by atoms with van der Waals surface area (Å²) < 4.78 is 0. The molecule has 3 aromatic carbocycles. The van der Waals surface area contributed by atoms with Crippen LogP contribution in [0.4, 0.5) is 0 Å². The van der Waals surface area contributed by atoms with Gasteiger partial charge in [-0.3, -0.25) is 9.59 Å². The summed E-state index contributed by atoms with van der Waals surface area (Å²) in [5, 5.41) is 3.71. The molecule has 0 saturated carbocycles. The van der Waals surface area contributed by atoms with Gasteiger partial charge in [-0.2, -0.15) is 0 Å². The summed E-state index contributed by atoms with van der Waals surface area (Å²) in [6.45, 7) is 6.16. The van der Waals surface area contributed by atoms with Crippen LogP contribution in [0.5, 0.6) is 0 Å². The topological polar surface area (TPSA) is 49.4 Å². The first-order valence-electron chi connectivity index (χ1n) is 11.3. The van der Waals surface area contributed by atoms with Gasteiger partial charge in [0.2, 0.25) is 11.8 Å². The van der Waals surface area contributed by atoms with Crippen molar-refractivity contribution in [3.8, 4) is 0 Å². The number of carbonyl (C=O) groups excluding carboxylic acids is 2. The number of carbonyl (C=O) groups is 2. The van der Waals surface area contributed by atoms with E-state index in [0.717, 1.165) is 16.0 Å². The number of benzene rings is 3. The van der Waals surface area contributed by atoms with Crippen LogP contribution < -0.4 is 5.32 Å². The largest absolute Gasteiger partial charge is 0.350 e. The number of thioether (sulfide) groups is 1. The van der Waals surface area contributed by atoms with Crippen molar-refractivity contribution in [3.63, 3.8) is 0 Å². The number of rotatable bonds is 9. The molecule has 34 heavy (non-hydrogen) atoms. The van der Waals surface area contributed by atoms with Crippen LogP contribution >= 0.6 is 23.4 Å². The van der Waals surface area contributed by atoms with E-state index in [-0.39, 0.29) is 17.6 Å². The fraction of sp³-hybridized carbons (Fsp3) is 0.286. The molecule has 2 amide bonds. The lowest BCUT2D eigenvalue weighted by atomic mass is 10.0. The van der Waals surface area contributed by atoms with Crippen LogP contribution in [-0.4, -0.2) is 34.0 Å². The molecule has 178 valence electrons. The number of hydrogen-bond donors (Lipinski definition) is 1. The highest BCUT2D eigenvalue weighted by molar-refractivity contribution is 8.00. The van der Waals surface area contributed by atoms with Gasteiger partial charge in [0.05, 0.1) is 5.75 Å². The Kier molecular flexibility index (Phi) is 9.20. The van der Waals surface area contributed by atoms with Gasteiger partial charge in [0.15, 0.2) is 0 Å². The van der Waals surface area contributed by atoms with E-state index in [1.54, 1.807) is 17.0 Å². The maximum absolute atomic E-state index is 13.6. The van der Waals surface area contributed by atoms with Crippen LogP contribution in [0.1, 0.15) is 31.9 Å². The van der Waals surface area contributed by atoms with Crippen molar-refractivity contribution < 1.29 is 9.59 Å². The standard InChI is InChI=1S/C28H31ClN2O2S/c1-28(2,3)30-27(33)25(18-21-10-6-4-7-11-21)31(19-22-14-16-23(29)17-15-22)26(32)20-34-24-12-8-5-9-13-24/h4-17,25H,18-20H2,1-3H3,(H,30,33)/t25-/m0/s1. The second-order valence-electron chi connectivity index (χ2n) is 9.19. The molecule has 0 aliphatic carbocycles. The molecule has 0 radical (unpaired) electrons. The first kappa shape index (κ1) is 25.9. The van der Waals surface area contributed by atoms with Gasteiger partial charge in [0.25, 0.3) is 0 Å². The number of nitrogens with one attached hydrogen (secondary N) is 1. The predicted molar refractivity (Wildman–Crippen MR) is 141 cm³/mol. The Labute approximate surface area is 211 Å². The molecule has 6 heteroatoms. The monoisotopic (exact) mass is 494 g/mol. The zero-order valence-corrected chi connectivity index (χ0v) is 21.4. The summed E-state index contributed by atoms with van der Waals surface area (Å²) in [7, 11) is 0. The molecule has 4 nitrogen and oxygen atoms in total. The minimum Gasteiger partial charge on any atom is -0.350 e. The van der Waals surface area contributed by atoms with Crippen molar-refractivity contribution in [2.24, 2.45) is 0 Å². The maximum Gasteiger partial charge on any atom is 0.243 e. The minimum atomic E-state index is -0.652. The van der Waals surface area contributed by atoms with Gasteiger partial charge in [-0.25, -0.2) is 0 Å². The molecule has 0 aliphatic heterocycles. The lowest BCUT2D eigenvalue weighted by molar-refractivity contribution is -0.140. The maximum atomic E-state index is 13.6. The van der Waals surface area contributed by atoms with E-state index in [1.807, 2.05) is 93.6 Å². The van der Waals surface area contributed by atoms with E-state index >= 15 is 0 Å². The molecule has 0 spiro atoms. The quantitative estimate of drug-likeness (QED) is 0.372. The summed E-state index contributed by atoms with van der Waals surface area (Å²) in [5.74, 6) is -0.0109. The van der Waals surface area contributed by atoms with Gasteiger partial charge in [-0.15, -0.1) is 11.8 Å². The highest BCUT2D eigenvalue weighted by Crippen LogP contribution is 2.22. The van der Waals surface area contributed by atoms with E-state index in [1.165, 1.54) is 11.8 Å². The number of halogens is 1. The van der Waals surface area contributed by atoms with E-state index in [4.69, 9.17) is 11.6 Å². The van der Waals surface area contributed by atoms with E-state index in [2.05, 4.69) is 5.32 Å². The fourth-order valence-electron chi connectivity index (χ4n) is 3.54. The Morgan fingerprint density at radius 1 is 0.882 bits per heavy atom. The smallest absolute Gasteiger partial charge is 0.243 e. The van der Waals surface area contributed by atoms with Crippen LogP contribution in [0.3, 0.4) is 0 Å². The first-order valence-corrected chi connectivity index (χ1v) is 12.7. The van der Waals surface area contributed by atoms with Crippen molar-refractivity contribution in [1.82, 2.24) is 10.2 Å². The van der Waals surface area contributed by atoms with Gasteiger partial charge in [-0.05, 0) is 56.2 Å². The SMILES string of the molecule is CC(C)(C)NC(=O)[C@H](Cc1ccccc1)N(Cc1ccc(Cl)cc1)C(=O)CSc1ccccc1. The Bertz CT molecular complexity index is 1070. The Balaban J connectivity index is 1.91. The highest BCUT2D eigenvalue weighted by atomic mass is 35.5. The van der Waals surface area contributed by atoms with Crippen molar-refractivity contribution in [2.75, 3.05) is 5.75 Å². The third-order valence-corrected chi connectivity index (χ3v) is 6.39. The predicted octanol–water partition coefficient (Wildman–Crippen LogP) is 5.99. The first-order chi connectivity index (χ1) is 16.2. The molecule has 0 aromatic heterocycles. The zero-order chi connectivity index (χ0) is 24.6. The second kappa shape index (κ2) is 12.1. The summed E-state index contributed by atoms with van der Waals surface area (Å²) in [4.78, 5) is 29.8. The molecule has 0 heterocycles. The molecule has 0 fully saturated rings. The summed E-state index contributed by atoms with van der Waals surface area (Å²) in [6, 6.07) is 26.4. The van der Waals surface area contributed by atoms with Gasteiger partial charge in [0.1, 0.15) is 6.04 Å². The van der Waals surface area contributed by atoms with Gasteiger partial charge in [0, 0.05) is 28.4 Å². The van der Waals surface area contributed by atoms with E-state index in [9.17, 15) is 9.59 Å². The van der Waals surface area contributed by atoms with Crippen LogP contribution in [0.15, 0.2) is 89.8 Å². The highest BCUT2D eigenvalue weighted by Gasteiger charge is 2.32. The van der Waals surface area contributed by atoms with Crippen molar-refractivity contribution in [1.29, 1.82) is 0 Å². The Morgan fingerprint density at radius 2 is 1.47 bits per heavy atom. The number of nitrogens with zero attached hydrogens (tertiary/aromatic N) is 1. The molecule has 0 bridgehead atoms. The molecule has 0 aliphatic rings. The van der Waals surface area contributed by atoms with E-state index < -0.39 is 11.6 Å². The van der Waals surface area contributed by atoms with Gasteiger partial charge >= 0.3 is 0 Å². The van der Waals surface area contributed by atoms with Crippen LogP contribution in [0.2, 0.25) is 5.02 Å². The molecular formula is C28H31ClN2O2S. The fourth-order valence-corrected chi connectivity index (χ4v) is 4.47. The van der Waals surface area contributed by atoms with Crippen LogP contribution in [0.25, 0.3) is 0 Å². The average molecular weight is 495 g/mol. The third kappa shape index (κ3) is 8.23. The molecule has 1 atom stereocenters. The van der Waals surface area contributed by atoms with Gasteiger partial charge in [-0.1, -0.05) is 72.3 Å². The lowest BCUT2D eigenvalue weighted by Gasteiger charge is -2.34. The average Bonchev–Trinajstić information content (AvgIpc) is 2.81. The van der Waals surface area contributed by atoms with Crippen molar-refractivity contribution in [2.45, 2.75) is 50.2 Å². The van der Waals surface area contributed by atoms with Crippen molar-refractivity contribution >= 4 is 35.2 Å². The Morgan fingerprint density at radius 3 is 2.06 bits per heavy atom. The van der Waals surface area contributed by atoms with Crippen molar-refractivity contribution in [3.05, 3.63) is 101 Å². The summed E-state index contributed by atoms with van der Waals surface area (Å²) >= 11 is 7.55. The molecular weight excluding hydrogens is 464 g/mol. The van der Waals surface area contributed by atoms with E-state index in [0.29, 0.717) is 18.0 Å².